The minimum Gasteiger partial charge on any atom is -0.379 e. The Hall–Kier alpha value is -2.18. The molecule has 0 fully saturated rings. The molecule has 1 N–H and O–H groups in total. The third-order valence-corrected chi connectivity index (χ3v) is 4.40. The van der Waals surface area contributed by atoms with Crippen molar-refractivity contribution in [1.29, 1.82) is 0 Å². The second kappa shape index (κ2) is 20.1. The number of ketones is 1. The molecule has 0 aliphatic rings. The van der Waals surface area contributed by atoms with Gasteiger partial charge in [-0.25, -0.2) is 4.68 Å². The number of aromatic nitrogens is 3. The minimum atomic E-state index is -0.349. The molecule has 0 saturated carbocycles. The van der Waals surface area contributed by atoms with Crippen LogP contribution in [0.3, 0.4) is 0 Å². The van der Waals surface area contributed by atoms with E-state index in [-0.39, 0.29) is 24.2 Å². The first kappa shape index (κ1) is 30.9. The number of carbonyl (C=O) groups is 2. The number of nitrogens with zero attached hydrogens (tertiary/aromatic N) is 3. The molecule has 0 spiro atoms. The van der Waals surface area contributed by atoms with Crippen molar-refractivity contribution < 1.29 is 33.3 Å². The van der Waals surface area contributed by atoms with Crippen LogP contribution in [0.2, 0.25) is 0 Å². The van der Waals surface area contributed by atoms with Gasteiger partial charge in [-0.05, 0) is 12.0 Å². The molecule has 0 unspecified atom stereocenters. The molecule has 11 heteroatoms. The Balaban J connectivity index is 1.93. The molecule has 0 aromatic carbocycles. The molecular weight excluding hydrogens is 456 g/mol. The van der Waals surface area contributed by atoms with Gasteiger partial charge in [-0.1, -0.05) is 32.9 Å². The van der Waals surface area contributed by atoms with Crippen LogP contribution in [0.15, 0.2) is 18.3 Å². The van der Waals surface area contributed by atoms with Crippen molar-refractivity contribution in [3.8, 4) is 0 Å². The highest BCUT2D eigenvalue weighted by molar-refractivity contribution is 5.98. The van der Waals surface area contributed by atoms with E-state index in [2.05, 4.69) is 29.5 Å². The van der Waals surface area contributed by atoms with Crippen LogP contribution in [-0.4, -0.2) is 92.8 Å². The lowest BCUT2D eigenvalue weighted by atomic mass is 10.1. The molecule has 0 bridgehead atoms. The van der Waals surface area contributed by atoms with Crippen LogP contribution < -0.4 is 5.32 Å². The molecule has 1 amide bonds. The molecule has 0 radical (unpaired) electrons. The molecule has 1 aromatic heterocycles. The number of carbonyl (C=O) groups excluding carboxylic acids is 2. The van der Waals surface area contributed by atoms with Gasteiger partial charge in [0.2, 0.25) is 5.91 Å². The highest BCUT2D eigenvalue weighted by Gasteiger charge is 2.05. The van der Waals surface area contributed by atoms with E-state index in [0.29, 0.717) is 77.6 Å². The Morgan fingerprint density at radius 3 is 1.94 bits per heavy atom. The van der Waals surface area contributed by atoms with E-state index in [0.717, 1.165) is 6.61 Å². The van der Waals surface area contributed by atoms with Gasteiger partial charge in [-0.2, -0.15) is 0 Å². The van der Waals surface area contributed by atoms with Gasteiger partial charge in [0.05, 0.1) is 78.7 Å². The molecule has 0 aliphatic carbocycles. The molecule has 1 heterocycles. The van der Waals surface area contributed by atoms with Gasteiger partial charge in [0.25, 0.3) is 0 Å². The normalized spacial score (nSPS) is 11.7. The number of hydrogen-bond donors (Lipinski definition) is 1. The molecule has 0 aliphatic heterocycles. The summed E-state index contributed by atoms with van der Waals surface area (Å²) >= 11 is 0. The van der Waals surface area contributed by atoms with Gasteiger partial charge in [0.1, 0.15) is 5.69 Å². The van der Waals surface area contributed by atoms with Crippen molar-refractivity contribution in [3.63, 3.8) is 0 Å². The summed E-state index contributed by atoms with van der Waals surface area (Å²) in [6, 6.07) is 0. The second-order valence-corrected chi connectivity index (χ2v) is 8.50. The van der Waals surface area contributed by atoms with Crippen LogP contribution >= 0.6 is 0 Å². The number of hydrogen-bond acceptors (Lipinski definition) is 9. The molecule has 1 aromatic rings. The first-order valence-corrected chi connectivity index (χ1v) is 12.2. The lowest BCUT2D eigenvalue weighted by Gasteiger charge is -2.08. The van der Waals surface area contributed by atoms with E-state index in [9.17, 15) is 9.59 Å². The quantitative estimate of drug-likeness (QED) is 0.187. The van der Waals surface area contributed by atoms with E-state index < -0.39 is 0 Å². The number of amides is 1. The summed E-state index contributed by atoms with van der Waals surface area (Å²) in [6.45, 7) is 14.0. The summed E-state index contributed by atoms with van der Waals surface area (Å²) < 4.78 is 28.9. The van der Waals surface area contributed by atoms with Crippen LogP contribution in [0.1, 0.15) is 33.4 Å². The van der Waals surface area contributed by atoms with Crippen molar-refractivity contribution in [2.75, 3.05) is 66.1 Å². The Morgan fingerprint density at radius 1 is 0.857 bits per heavy atom. The molecule has 0 saturated heterocycles. The van der Waals surface area contributed by atoms with Crippen LogP contribution in [0, 0.1) is 11.8 Å². The zero-order valence-corrected chi connectivity index (χ0v) is 21.6. The van der Waals surface area contributed by atoms with Crippen LogP contribution in [-0.2, 0) is 46.4 Å². The van der Waals surface area contributed by atoms with Crippen molar-refractivity contribution in [1.82, 2.24) is 20.3 Å². The topological polar surface area (TPSA) is 123 Å². The van der Waals surface area contributed by atoms with Gasteiger partial charge < -0.3 is 29.0 Å². The van der Waals surface area contributed by atoms with Gasteiger partial charge >= 0.3 is 0 Å². The average molecular weight is 499 g/mol. The smallest absolute Gasteiger partial charge is 0.244 e. The maximum absolute atomic E-state index is 11.7. The average Bonchev–Trinajstić information content (AvgIpc) is 3.28. The lowest BCUT2D eigenvalue weighted by molar-refractivity contribution is -0.119. The second-order valence-electron chi connectivity index (χ2n) is 8.50. The third-order valence-electron chi connectivity index (χ3n) is 4.40. The minimum absolute atomic E-state index is 0.0928. The Bertz CT molecular complexity index is 722. The van der Waals surface area contributed by atoms with E-state index in [1.54, 1.807) is 24.7 Å². The van der Waals surface area contributed by atoms with Crippen molar-refractivity contribution >= 4 is 11.7 Å². The first-order valence-electron chi connectivity index (χ1n) is 12.2. The van der Waals surface area contributed by atoms with E-state index in [1.807, 2.05) is 0 Å². The van der Waals surface area contributed by atoms with Crippen molar-refractivity contribution in [2.45, 2.75) is 40.8 Å². The van der Waals surface area contributed by atoms with E-state index in [4.69, 9.17) is 23.7 Å². The standard InChI is InChI=1S/C24H42N4O7/c1-20(2)19-35-16-15-34-14-13-33-12-11-32-10-9-31-8-7-28-18-22(26-27-28)17-25-24(30)6-5-23(29)21(3)4/h5-6,18,20-21H,7-17,19H2,1-4H3,(H,25,30)/b6-5+. The number of ether oxygens (including phenoxy) is 5. The monoisotopic (exact) mass is 498 g/mol. The highest BCUT2D eigenvalue weighted by atomic mass is 16.6. The van der Waals surface area contributed by atoms with Crippen molar-refractivity contribution in [2.24, 2.45) is 11.8 Å². The maximum Gasteiger partial charge on any atom is 0.244 e. The summed E-state index contributed by atoms with van der Waals surface area (Å²) in [4.78, 5) is 23.2. The summed E-state index contributed by atoms with van der Waals surface area (Å²) in [5, 5.41) is 10.7. The molecule has 35 heavy (non-hydrogen) atoms. The van der Waals surface area contributed by atoms with Gasteiger partial charge in [0, 0.05) is 18.6 Å². The summed E-state index contributed by atoms with van der Waals surface area (Å²) in [5.74, 6) is -0.0402. The SMILES string of the molecule is CC(C)COCCOCCOCCOCCOCCn1cc(CNC(=O)/C=C/C(=O)C(C)C)nn1. The van der Waals surface area contributed by atoms with Gasteiger partial charge in [-0.15, -0.1) is 5.10 Å². The van der Waals surface area contributed by atoms with E-state index >= 15 is 0 Å². The fraction of sp³-hybridized carbons (Fsp3) is 0.750. The van der Waals surface area contributed by atoms with Gasteiger partial charge in [0.15, 0.2) is 5.78 Å². The number of rotatable bonds is 22. The molecule has 1 rings (SSSR count). The fourth-order valence-corrected chi connectivity index (χ4v) is 2.47. The zero-order valence-electron chi connectivity index (χ0n) is 21.6. The predicted octanol–water partition coefficient (Wildman–Crippen LogP) is 1.41. The maximum atomic E-state index is 11.7. The largest absolute Gasteiger partial charge is 0.379 e. The Kier molecular flexibility index (Phi) is 17.7. The number of nitrogens with one attached hydrogen (secondary N) is 1. The van der Waals surface area contributed by atoms with Crippen LogP contribution in [0.25, 0.3) is 0 Å². The molecular formula is C24H42N4O7. The van der Waals surface area contributed by atoms with E-state index in [1.165, 1.54) is 12.2 Å². The van der Waals surface area contributed by atoms with Crippen LogP contribution in [0.5, 0.6) is 0 Å². The first-order chi connectivity index (χ1) is 16.9. The third kappa shape index (κ3) is 17.8. The number of allylic oxidation sites excluding steroid dienone is 1. The fourth-order valence-electron chi connectivity index (χ4n) is 2.47. The predicted molar refractivity (Wildman–Crippen MR) is 130 cm³/mol. The molecule has 11 nitrogen and oxygen atoms in total. The molecule has 0 atom stereocenters. The molecule has 200 valence electrons. The summed E-state index contributed by atoms with van der Waals surface area (Å²) in [5.41, 5.74) is 0.620. The Morgan fingerprint density at radius 2 is 1.40 bits per heavy atom. The Labute approximate surface area is 208 Å². The van der Waals surface area contributed by atoms with Crippen LogP contribution in [0.4, 0.5) is 0 Å². The zero-order chi connectivity index (χ0) is 25.7. The highest BCUT2D eigenvalue weighted by Crippen LogP contribution is 1.96. The van der Waals surface area contributed by atoms with Gasteiger partial charge in [-0.3, -0.25) is 9.59 Å². The summed E-state index contributed by atoms with van der Waals surface area (Å²) in [6.07, 6.45) is 4.26. The van der Waals surface area contributed by atoms with Crippen molar-refractivity contribution in [3.05, 3.63) is 24.0 Å². The lowest BCUT2D eigenvalue weighted by Crippen LogP contribution is -2.21. The summed E-state index contributed by atoms with van der Waals surface area (Å²) in [7, 11) is 0.